The molecule has 21 fully saturated rings. The summed E-state index contributed by atoms with van der Waals surface area (Å²) in [6.07, 6.45) is -73.0. The van der Waals surface area contributed by atoms with Crippen molar-refractivity contribution in [2.24, 2.45) is 0 Å². The molecule has 21 heterocycles. The number of hydrogen-bond acceptors (Lipinski definition) is 36. The number of aliphatic hydroxyl groups excluding tert-OH is 20. The fraction of sp³-hybridized carbons (Fsp3) is 0.857. The third-order valence-electron chi connectivity index (χ3n) is 16.0. The second-order valence-corrected chi connectivity index (χ2v) is 21.5. The van der Waals surface area contributed by atoms with Gasteiger partial charge in [0.15, 0.2) is 50.1 Å². The lowest BCUT2D eigenvalue weighted by molar-refractivity contribution is -0.396. The number of para-hydroxylation sites is 1. The SMILES string of the molecule is O=C(Nc1ccccc1)O[C@@H]1[C@@H](O)[C@H]2O[C@H]3[C@H](O)[C@@H](O)[C@@H](O[C@H]4[C@H](O)[C@@H](O)C(O[C@H]5[C@H](O)[C@@H](O)[C@@H](O[C@H]6[C@@H](O)[C@H](O)[C@@H](O[C@H]7[C@@H](O)[C@H](O)[C@@H](O[C@H]8[C@@H](O)[C@H](O)[C@@H](O[C@@H]1[C@@H](CO)O2)O[C@@H]8CO)O[C@@H]7CO)O[C@@H]6CO)O[C@@H]5CO)O[C@@H]4CO)O[C@@H]3CO. The van der Waals surface area contributed by atoms with Crippen molar-refractivity contribution in [3.05, 3.63) is 30.3 Å². The zero-order chi connectivity index (χ0) is 62.2. The van der Waals surface area contributed by atoms with Crippen LogP contribution in [0.3, 0.4) is 0 Å². The van der Waals surface area contributed by atoms with Crippen molar-refractivity contribution < 1.29 is 178 Å². The molecule has 21 aliphatic heterocycles. The Morgan fingerprint density at radius 2 is 0.512 bits per heavy atom. The van der Waals surface area contributed by atoms with Crippen LogP contribution in [-0.2, 0) is 71.1 Å². The van der Waals surface area contributed by atoms with Crippen LogP contribution in [0, 0.1) is 0 Å². The van der Waals surface area contributed by atoms with Gasteiger partial charge < -0.3 is 173 Å². The lowest BCUT2D eigenvalue weighted by Crippen LogP contribution is -2.68. The van der Waals surface area contributed by atoms with Crippen molar-refractivity contribution in [3.63, 3.8) is 0 Å². The minimum atomic E-state index is -2.29. The van der Waals surface area contributed by atoms with E-state index < -0.39 is 267 Å². The van der Waals surface area contributed by atoms with Crippen LogP contribution >= 0.6 is 0 Å². The second-order valence-electron chi connectivity index (χ2n) is 21.5. The maximum Gasteiger partial charge on any atom is 0.412 e. The van der Waals surface area contributed by atoms with E-state index in [1.54, 1.807) is 18.2 Å². The molecule has 35 atom stereocenters. The minimum Gasteiger partial charge on any atom is -0.440 e. The number of carbonyl (C=O) groups excluding carboxylic acids is 1. The van der Waals surface area contributed by atoms with Crippen molar-refractivity contribution >= 4 is 11.8 Å². The van der Waals surface area contributed by atoms with Crippen molar-refractivity contribution in [2.45, 2.75) is 215 Å². The Kier molecular flexibility index (Phi) is 22.9. The van der Waals surface area contributed by atoms with Gasteiger partial charge in [-0.2, -0.15) is 0 Å². The molecule has 21 aliphatic rings. The third-order valence-corrected chi connectivity index (χ3v) is 16.0. The molecule has 37 heteroatoms. The van der Waals surface area contributed by atoms with E-state index in [1.165, 1.54) is 12.1 Å². The van der Waals surface area contributed by atoms with Gasteiger partial charge in [-0.05, 0) is 12.1 Å². The van der Waals surface area contributed by atoms with Gasteiger partial charge in [0.1, 0.15) is 165 Å². The number of nitrogens with one attached hydrogen (secondary N) is 1. The smallest absolute Gasteiger partial charge is 0.412 e. The molecule has 37 nitrogen and oxygen atoms in total. The molecular formula is C49H75NO36. The van der Waals surface area contributed by atoms with E-state index in [0.29, 0.717) is 0 Å². The number of anilines is 1. The van der Waals surface area contributed by atoms with E-state index in [9.17, 15) is 107 Å². The first-order chi connectivity index (χ1) is 41.1. The van der Waals surface area contributed by atoms with Crippen LogP contribution in [0.15, 0.2) is 30.3 Å². The van der Waals surface area contributed by atoms with Gasteiger partial charge in [0.05, 0.1) is 46.2 Å². The van der Waals surface area contributed by atoms with Crippen LogP contribution in [0.2, 0.25) is 0 Å². The summed E-state index contributed by atoms with van der Waals surface area (Å²) in [5.41, 5.74) is 0.160. The van der Waals surface area contributed by atoms with Crippen molar-refractivity contribution in [3.8, 4) is 0 Å². The molecule has 0 radical (unpaired) electrons. The van der Waals surface area contributed by atoms with E-state index in [0.717, 1.165) is 0 Å². The van der Waals surface area contributed by atoms with Gasteiger partial charge in [-0.1, -0.05) is 18.2 Å². The van der Waals surface area contributed by atoms with Crippen molar-refractivity contribution in [1.82, 2.24) is 0 Å². The highest BCUT2D eigenvalue weighted by molar-refractivity contribution is 5.84. The molecular weight excluding hydrogens is 1180 g/mol. The Hall–Kier alpha value is -2.87. The number of hydrogen-bond donors (Lipinski definition) is 21. The molecule has 0 aromatic heterocycles. The summed E-state index contributed by atoms with van der Waals surface area (Å²) in [6.45, 7) is -7.56. The van der Waals surface area contributed by atoms with Crippen LogP contribution in [-0.4, -0.2) is 369 Å². The van der Waals surface area contributed by atoms with Crippen LogP contribution in [0.5, 0.6) is 0 Å². The highest BCUT2D eigenvalue weighted by atomic mass is 16.8. The van der Waals surface area contributed by atoms with E-state index in [2.05, 4.69) is 5.32 Å². The molecule has 1 unspecified atom stereocenters. The molecule has 1 aromatic carbocycles. The third kappa shape index (κ3) is 13.7. The topological polar surface area (TPSA) is 572 Å². The maximum absolute atomic E-state index is 13.6. The summed E-state index contributed by atoms with van der Waals surface area (Å²) < 4.78 is 86.5. The number of carbonyl (C=O) groups is 1. The standard InChI is InChI=1S/C49H75NO36/c51-6-14-34-22(59)28(65)43(73-14)81-36-16(8-53)75-45(30(67)24(36)61)83-38-18(10-55)77-47(32(69)26(38)63)85-40-20(12-57)78-48(33(70)41(40)86-49(71)50-13-4-2-1-3-5-13)84-39-19(11-56)76-46(31(68)25(39)62)82-37-17(9-54)74-44(29(66)23(37)60)80-35-15(7-52)72-42(79-34)27(64)21(35)58/h1-5,14-48,51-70H,6-12H2,(H,50,71)/t14-,15-,16-,17-,18-,19-,20-,21-,22+,23-,24+,25-,26+,27-,28+,29-,30+,31-,32+,33-,34-,35-,36-,37-,38-,39-,40-,41-,42-,43-,44?,45-,46-,47-,48-/m1/s1. The normalized spacial score (nSPS) is 50.6. The van der Waals surface area contributed by atoms with Crippen LogP contribution in [0.1, 0.15) is 0 Å². The molecule has 21 N–H and O–H groups in total. The molecule has 1 amide bonds. The van der Waals surface area contributed by atoms with E-state index in [4.69, 9.17) is 71.1 Å². The summed E-state index contributed by atoms with van der Waals surface area (Å²) in [6, 6.07) is 7.60. The van der Waals surface area contributed by atoms with Crippen LogP contribution in [0.25, 0.3) is 0 Å². The number of benzene rings is 1. The summed E-state index contributed by atoms with van der Waals surface area (Å²) in [4.78, 5) is 13.6. The molecule has 0 spiro atoms. The maximum atomic E-state index is 13.6. The van der Waals surface area contributed by atoms with Gasteiger partial charge >= 0.3 is 6.09 Å². The predicted molar refractivity (Wildman–Crippen MR) is 263 cm³/mol. The fourth-order valence-electron chi connectivity index (χ4n) is 11.3. The van der Waals surface area contributed by atoms with Gasteiger partial charge in [-0.25, -0.2) is 4.79 Å². The fourth-order valence-corrected chi connectivity index (χ4v) is 11.3. The predicted octanol–water partition coefficient (Wildman–Crippen LogP) is -13.0. The van der Waals surface area contributed by atoms with Gasteiger partial charge in [0.25, 0.3) is 0 Å². The summed E-state index contributed by atoms with van der Waals surface area (Å²) in [7, 11) is 0. The lowest BCUT2D eigenvalue weighted by Gasteiger charge is -2.50. The number of ether oxygens (including phenoxy) is 15. The summed E-state index contributed by atoms with van der Waals surface area (Å²) in [5, 5.41) is 225. The second kappa shape index (κ2) is 29.2. The number of amides is 1. The molecule has 492 valence electrons. The molecule has 22 rings (SSSR count). The average molecular weight is 1250 g/mol. The number of rotatable bonds is 9. The average Bonchev–Trinajstić information content (AvgIpc) is 1.14. The van der Waals surface area contributed by atoms with Gasteiger partial charge in [0, 0.05) is 5.69 Å². The lowest BCUT2D eigenvalue weighted by atomic mass is 9.95. The zero-order valence-corrected chi connectivity index (χ0v) is 45.0. The molecule has 86 heavy (non-hydrogen) atoms. The Labute approximate surface area is 485 Å². The first kappa shape index (κ1) is 67.5. The summed E-state index contributed by atoms with van der Waals surface area (Å²) >= 11 is 0. The first-order valence-corrected chi connectivity index (χ1v) is 27.4. The quantitative estimate of drug-likeness (QED) is 0.109. The highest BCUT2D eigenvalue weighted by Crippen LogP contribution is 2.39. The Morgan fingerprint density at radius 3 is 0.744 bits per heavy atom. The van der Waals surface area contributed by atoms with Gasteiger partial charge in [-0.15, -0.1) is 0 Å². The monoisotopic (exact) mass is 1250 g/mol. The van der Waals surface area contributed by atoms with E-state index >= 15 is 0 Å². The van der Waals surface area contributed by atoms with Crippen molar-refractivity contribution in [1.29, 1.82) is 0 Å². The molecule has 0 aliphatic carbocycles. The molecule has 0 saturated carbocycles. The van der Waals surface area contributed by atoms with Gasteiger partial charge in [-0.3, -0.25) is 5.32 Å². The Bertz CT molecular complexity index is 2260. The largest absolute Gasteiger partial charge is 0.440 e. The van der Waals surface area contributed by atoms with E-state index in [-0.39, 0.29) is 5.69 Å². The zero-order valence-electron chi connectivity index (χ0n) is 45.0. The molecule has 21 saturated heterocycles. The molecule has 1 aromatic rings. The van der Waals surface area contributed by atoms with Crippen LogP contribution < -0.4 is 5.32 Å². The highest BCUT2D eigenvalue weighted by Gasteiger charge is 2.60. The van der Waals surface area contributed by atoms with E-state index in [1.807, 2.05) is 0 Å². The molecule has 14 bridgehead atoms. The summed E-state index contributed by atoms with van der Waals surface area (Å²) in [5.74, 6) is 0. The Morgan fingerprint density at radius 1 is 0.302 bits per heavy atom. The van der Waals surface area contributed by atoms with Crippen molar-refractivity contribution in [2.75, 3.05) is 51.6 Å². The first-order valence-electron chi connectivity index (χ1n) is 27.4. The number of aliphatic hydroxyl groups is 20. The van der Waals surface area contributed by atoms with Gasteiger partial charge in [0.2, 0.25) is 0 Å². The van der Waals surface area contributed by atoms with Crippen LogP contribution in [0.4, 0.5) is 10.5 Å². The Balaban J connectivity index is 1.03. The minimum absolute atomic E-state index is 0.160.